The van der Waals surface area contributed by atoms with Gasteiger partial charge in [-0.05, 0) is 19.8 Å². The molecule has 2 aromatic heterocycles. The van der Waals surface area contributed by atoms with Crippen molar-refractivity contribution < 1.29 is 36.3 Å². The molecule has 0 amide bonds. The van der Waals surface area contributed by atoms with E-state index in [0.29, 0.717) is 29.4 Å². The van der Waals surface area contributed by atoms with Crippen molar-refractivity contribution in [3.63, 3.8) is 0 Å². The van der Waals surface area contributed by atoms with Gasteiger partial charge in [-0.2, -0.15) is 36.6 Å². The number of ether oxygens (including phenoxy) is 1. The number of halogens is 6. The van der Waals surface area contributed by atoms with Gasteiger partial charge >= 0.3 is 18.9 Å². The fraction of sp³-hybridized carbons (Fsp3) is 0.526. The van der Waals surface area contributed by atoms with Crippen molar-refractivity contribution in [1.82, 2.24) is 14.8 Å². The molecule has 0 bridgehead atoms. The van der Waals surface area contributed by atoms with Gasteiger partial charge < -0.3 is 10.1 Å². The van der Waals surface area contributed by atoms with Gasteiger partial charge in [0.2, 0.25) is 0 Å². The van der Waals surface area contributed by atoms with E-state index in [4.69, 9.17) is 21.2 Å². The van der Waals surface area contributed by atoms with Gasteiger partial charge in [-0.1, -0.05) is 25.4 Å². The highest BCUT2D eigenvalue weighted by Crippen LogP contribution is 2.38. The van der Waals surface area contributed by atoms with Crippen molar-refractivity contribution in [3.8, 4) is 17.0 Å². The molecule has 0 aromatic carbocycles. The van der Waals surface area contributed by atoms with Crippen molar-refractivity contribution in [3.05, 3.63) is 23.0 Å². The zero-order valence-corrected chi connectivity index (χ0v) is 18.2. The third-order valence-electron chi connectivity index (χ3n) is 4.26. The van der Waals surface area contributed by atoms with Gasteiger partial charge in [-0.3, -0.25) is 4.68 Å². The molecule has 13 heteroatoms. The second kappa shape index (κ2) is 12.4. The van der Waals surface area contributed by atoms with Crippen LogP contribution in [0.15, 0.2) is 12.3 Å². The Bertz CT molecular complexity index is 915. The maximum absolute atomic E-state index is 13.0. The van der Waals surface area contributed by atoms with E-state index in [2.05, 4.69) is 20.1 Å². The van der Waals surface area contributed by atoms with E-state index >= 15 is 0 Å². The summed E-state index contributed by atoms with van der Waals surface area (Å²) in [6, 6.07) is 0.194. The van der Waals surface area contributed by atoms with Crippen LogP contribution in [0.1, 0.15) is 39.3 Å². The third-order valence-corrected chi connectivity index (χ3v) is 4.65. The van der Waals surface area contributed by atoms with E-state index in [1.165, 1.54) is 6.20 Å². The number of aromatic nitrogens is 3. The normalized spacial score (nSPS) is 12.1. The van der Waals surface area contributed by atoms with Gasteiger partial charge in [0.1, 0.15) is 11.6 Å². The molecule has 0 spiro atoms. The van der Waals surface area contributed by atoms with Gasteiger partial charge in [0.25, 0.3) is 0 Å². The molecule has 0 saturated heterocycles. The Balaban J connectivity index is 0.00000161. The lowest BCUT2D eigenvalue weighted by Gasteiger charge is -2.20. The second-order valence-corrected chi connectivity index (χ2v) is 6.75. The molecule has 0 aliphatic rings. The highest BCUT2D eigenvalue weighted by molar-refractivity contribution is 6.33. The minimum atomic E-state index is -4.37. The standard InChI is InChI=1S/C18H22ClF5N4O.CO2/c1-4-10(8-18(22,23)24)26-14-7-13(29-17(20)21)11(9-25-14)16-15(19)12(5-2)27-28(16)6-3;2-1-3/h7,9-10,17H,4-6,8H2,1-3H3,(H,25,26);. The summed E-state index contributed by atoms with van der Waals surface area (Å²) in [6.45, 7) is 2.54. The number of hydrogen-bond acceptors (Lipinski definition) is 6. The summed E-state index contributed by atoms with van der Waals surface area (Å²) >= 11 is 6.38. The summed E-state index contributed by atoms with van der Waals surface area (Å²) in [7, 11) is 0. The molecule has 0 fully saturated rings. The van der Waals surface area contributed by atoms with Crippen LogP contribution in [0.4, 0.5) is 27.8 Å². The monoisotopic (exact) mass is 484 g/mol. The highest BCUT2D eigenvalue weighted by Gasteiger charge is 2.31. The second-order valence-electron chi connectivity index (χ2n) is 6.37. The van der Waals surface area contributed by atoms with Crippen LogP contribution in [0, 0.1) is 0 Å². The van der Waals surface area contributed by atoms with Crippen LogP contribution >= 0.6 is 11.6 Å². The number of alkyl halides is 5. The Morgan fingerprint density at radius 2 is 1.88 bits per heavy atom. The predicted molar refractivity (Wildman–Crippen MR) is 106 cm³/mol. The van der Waals surface area contributed by atoms with E-state index in [-0.39, 0.29) is 29.7 Å². The minimum Gasteiger partial charge on any atom is -0.434 e. The lowest BCUT2D eigenvalue weighted by Crippen LogP contribution is -2.26. The Kier molecular flexibility index (Phi) is 10.5. The Morgan fingerprint density at radius 1 is 1.25 bits per heavy atom. The molecule has 0 aliphatic carbocycles. The molecule has 0 radical (unpaired) electrons. The van der Waals surface area contributed by atoms with Crippen LogP contribution in [-0.4, -0.2) is 39.7 Å². The molecule has 1 unspecified atom stereocenters. The van der Waals surface area contributed by atoms with Crippen LogP contribution in [-0.2, 0) is 22.6 Å². The zero-order chi connectivity index (χ0) is 24.5. The van der Waals surface area contributed by atoms with Crippen LogP contribution in [0.2, 0.25) is 5.02 Å². The fourth-order valence-electron chi connectivity index (χ4n) is 2.87. The summed E-state index contributed by atoms with van der Waals surface area (Å²) in [6.07, 6.45) is -3.25. The molecule has 2 rings (SSSR count). The number of hydrogen-bond donors (Lipinski definition) is 1. The van der Waals surface area contributed by atoms with Crippen molar-refractivity contribution in [2.24, 2.45) is 0 Å². The first-order chi connectivity index (χ1) is 15.0. The van der Waals surface area contributed by atoms with Crippen LogP contribution < -0.4 is 10.1 Å². The highest BCUT2D eigenvalue weighted by atomic mass is 35.5. The lowest BCUT2D eigenvalue weighted by atomic mass is 10.1. The zero-order valence-electron chi connectivity index (χ0n) is 17.5. The molecule has 178 valence electrons. The maximum Gasteiger partial charge on any atom is 0.391 e. The SMILES string of the molecule is CCc1nn(CC)c(-c2cnc(NC(CC)CC(F)(F)F)cc2OC(F)F)c1Cl.O=C=O. The quantitative estimate of drug-likeness (QED) is 0.483. The predicted octanol–water partition coefficient (Wildman–Crippen LogP) is 5.34. The first kappa shape index (κ1) is 27.3. The number of aryl methyl sites for hydroxylation is 2. The van der Waals surface area contributed by atoms with Crippen LogP contribution in [0.5, 0.6) is 5.75 Å². The van der Waals surface area contributed by atoms with Crippen molar-refractivity contribution in [2.75, 3.05) is 5.32 Å². The van der Waals surface area contributed by atoms with Crippen molar-refractivity contribution in [2.45, 2.75) is 65.4 Å². The molecule has 1 N–H and O–H groups in total. The van der Waals surface area contributed by atoms with E-state index in [9.17, 15) is 22.0 Å². The van der Waals surface area contributed by atoms with E-state index in [1.807, 2.05) is 13.8 Å². The Morgan fingerprint density at radius 3 is 2.34 bits per heavy atom. The molecule has 0 aliphatic heterocycles. The summed E-state index contributed by atoms with van der Waals surface area (Å²) < 4.78 is 70.2. The third kappa shape index (κ3) is 7.76. The average molecular weight is 485 g/mol. The molecule has 1 atom stereocenters. The molecule has 2 heterocycles. The van der Waals surface area contributed by atoms with Crippen molar-refractivity contribution in [1.29, 1.82) is 0 Å². The van der Waals surface area contributed by atoms with Gasteiger partial charge in [0.15, 0.2) is 0 Å². The van der Waals surface area contributed by atoms with Crippen LogP contribution in [0.3, 0.4) is 0 Å². The summed E-state index contributed by atoms with van der Waals surface area (Å²) in [5, 5.41) is 7.26. The van der Waals surface area contributed by atoms with Gasteiger partial charge in [-0.25, -0.2) is 4.98 Å². The summed E-state index contributed by atoms with van der Waals surface area (Å²) in [4.78, 5) is 20.3. The Hall–Kier alpha value is -2.72. The largest absolute Gasteiger partial charge is 0.434 e. The number of nitrogens with zero attached hydrogens (tertiary/aromatic N) is 3. The summed E-state index contributed by atoms with van der Waals surface area (Å²) in [5.41, 5.74) is 1.13. The maximum atomic E-state index is 13.0. The lowest BCUT2D eigenvalue weighted by molar-refractivity contribution is -0.191. The number of nitrogens with one attached hydrogen (secondary N) is 1. The minimum absolute atomic E-state index is 0.00472. The van der Waals surface area contributed by atoms with Crippen LogP contribution in [0.25, 0.3) is 11.3 Å². The smallest absolute Gasteiger partial charge is 0.391 e. The Labute approximate surface area is 185 Å². The van der Waals surface area contributed by atoms with E-state index in [1.54, 1.807) is 11.6 Å². The molecular weight excluding hydrogens is 463 g/mol. The van der Waals surface area contributed by atoms with Gasteiger partial charge in [0, 0.05) is 24.8 Å². The topological polar surface area (TPSA) is 86.1 Å². The first-order valence-electron chi connectivity index (χ1n) is 9.54. The number of pyridine rings is 1. The number of anilines is 1. The van der Waals surface area contributed by atoms with Gasteiger partial charge in [-0.15, -0.1) is 0 Å². The fourth-order valence-corrected chi connectivity index (χ4v) is 3.25. The van der Waals surface area contributed by atoms with Crippen molar-refractivity contribution >= 4 is 23.6 Å². The number of rotatable bonds is 9. The molecule has 7 nitrogen and oxygen atoms in total. The van der Waals surface area contributed by atoms with E-state index in [0.717, 1.165) is 6.07 Å². The molecule has 2 aromatic rings. The average Bonchev–Trinajstić information content (AvgIpc) is 3.02. The number of carbonyl (C=O) groups excluding carboxylic acids is 2. The molecule has 32 heavy (non-hydrogen) atoms. The van der Waals surface area contributed by atoms with Gasteiger partial charge in [0.05, 0.1) is 28.4 Å². The molecular formula is C19H22ClF5N4O3. The van der Waals surface area contributed by atoms with E-state index < -0.39 is 25.3 Å². The molecule has 0 saturated carbocycles. The summed E-state index contributed by atoms with van der Waals surface area (Å²) in [5.74, 6) is -0.256. The first-order valence-corrected chi connectivity index (χ1v) is 9.91.